The molecule has 2 aromatic rings. The fourth-order valence-electron chi connectivity index (χ4n) is 2.84. The molecule has 2 amide bonds. The molecule has 5 nitrogen and oxygen atoms in total. The molecule has 0 saturated carbocycles. The quantitative estimate of drug-likeness (QED) is 0.883. The second-order valence-corrected chi connectivity index (χ2v) is 5.63. The number of carbonyl (C=O) groups is 2. The van der Waals surface area contributed by atoms with Crippen molar-refractivity contribution >= 4 is 17.5 Å². The maximum absolute atomic E-state index is 12.5. The van der Waals surface area contributed by atoms with Gasteiger partial charge >= 0.3 is 11.8 Å². The number of para-hydroxylation sites is 2. The first-order chi connectivity index (χ1) is 11.7. The van der Waals surface area contributed by atoms with E-state index in [0.717, 1.165) is 12.0 Å². The van der Waals surface area contributed by atoms with Crippen LogP contribution in [0.2, 0.25) is 0 Å². The second kappa shape index (κ2) is 7.17. The van der Waals surface area contributed by atoms with E-state index in [4.69, 9.17) is 4.74 Å². The molecule has 24 heavy (non-hydrogen) atoms. The Morgan fingerprint density at radius 1 is 1.08 bits per heavy atom. The molecule has 124 valence electrons. The molecule has 0 spiro atoms. The third-order valence-corrected chi connectivity index (χ3v) is 4.05. The molecule has 3 rings (SSSR count). The average Bonchev–Trinajstić information content (AvgIpc) is 2.62. The van der Waals surface area contributed by atoms with Crippen molar-refractivity contribution in [3.63, 3.8) is 0 Å². The fourth-order valence-corrected chi connectivity index (χ4v) is 2.84. The van der Waals surface area contributed by atoms with E-state index < -0.39 is 11.8 Å². The Morgan fingerprint density at radius 3 is 2.58 bits per heavy atom. The topological polar surface area (TPSA) is 58.6 Å². The van der Waals surface area contributed by atoms with Crippen LogP contribution in [0, 0.1) is 0 Å². The molecule has 0 bridgehead atoms. The Balaban J connectivity index is 1.69. The van der Waals surface area contributed by atoms with E-state index in [0.29, 0.717) is 31.1 Å². The van der Waals surface area contributed by atoms with Crippen molar-refractivity contribution in [3.05, 3.63) is 59.7 Å². The molecule has 0 saturated heterocycles. The van der Waals surface area contributed by atoms with E-state index >= 15 is 0 Å². The van der Waals surface area contributed by atoms with Gasteiger partial charge in [-0.2, -0.15) is 0 Å². The van der Waals surface area contributed by atoms with E-state index in [1.54, 1.807) is 23.1 Å². The molecule has 0 fully saturated rings. The van der Waals surface area contributed by atoms with Gasteiger partial charge in [0, 0.05) is 13.1 Å². The van der Waals surface area contributed by atoms with Crippen molar-refractivity contribution in [2.75, 3.05) is 18.5 Å². The number of fused-ring (bicyclic) bond motifs is 1. The largest absolute Gasteiger partial charge is 0.492 e. The summed E-state index contributed by atoms with van der Waals surface area (Å²) in [6.45, 7) is 3.38. The minimum absolute atomic E-state index is 0.468. The molecular formula is C19H20N2O3. The van der Waals surface area contributed by atoms with E-state index in [1.807, 2.05) is 31.2 Å². The van der Waals surface area contributed by atoms with Gasteiger partial charge in [-0.05, 0) is 36.6 Å². The summed E-state index contributed by atoms with van der Waals surface area (Å²) >= 11 is 0. The number of hydrogen-bond donors (Lipinski definition) is 1. The highest BCUT2D eigenvalue weighted by Gasteiger charge is 2.26. The van der Waals surface area contributed by atoms with Crippen molar-refractivity contribution < 1.29 is 14.3 Å². The molecule has 5 heteroatoms. The minimum atomic E-state index is -0.637. The van der Waals surface area contributed by atoms with Crippen LogP contribution in [0.3, 0.4) is 0 Å². The van der Waals surface area contributed by atoms with Gasteiger partial charge in [-0.15, -0.1) is 0 Å². The summed E-state index contributed by atoms with van der Waals surface area (Å²) < 4.78 is 5.47. The van der Waals surface area contributed by atoms with E-state index in [-0.39, 0.29) is 0 Å². The van der Waals surface area contributed by atoms with Gasteiger partial charge < -0.3 is 15.0 Å². The minimum Gasteiger partial charge on any atom is -0.492 e. The lowest BCUT2D eigenvalue weighted by atomic mass is 10.00. The van der Waals surface area contributed by atoms with Gasteiger partial charge in [-0.1, -0.05) is 36.4 Å². The van der Waals surface area contributed by atoms with Crippen LogP contribution in [0.25, 0.3) is 0 Å². The standard InChI is InChI=1S/C19H20N2O3/c1-2-24-17-10-6-5-9-16(17)20-18(22)19(23)21-12-11-14-7-3-4-8-15(14)13-21/h3-10H,2,11-13H2,1H3,(H,20,22). The molecule has 0 atom stereocenters. The maximum atomic E-state index is 12.5. The normalized spacial score (nSPS) is 13.1. The lowest BCUT2D eigenvalue weighted by Gasteiger charge is -2.28. The molecule has 0 radical (unpaired) electrons. The van der Waals surface area contributed by atoms with Crippen LogP contribution in [-0.4, -0.2) is 29.9 Å². The third kappa shape index (κ3) is 3.40. The summed E-state index contributed by atoms with van der Waals surface area (Å²) in [4.78, 5) is 26.4. The summed E-state index contributed by atoms with van der Waals surface area (Å²) in [6, 6.07) is 15.1. The number of anilines is 1. The van der Waals surface area contributed by atoms with Gasteiger partial charge in [0.05, 0.1) is 12.3 Å². The van der Waals surface area contributed by atoms with E-state index in [1.165, 1.54) is 5.56 Å². The number of amides is 2. The number of rotatable bonds is 3. The number of nitrogens with one attached hydrogen (secondary N) is 1. The summed E-state index contributed by atoms with van der Waals surface area (Å²) in [5, 5.41) is 2.66. The van der Waals surface area contributed by atoms with Crippen molar-refractivity contribution in [1.29, 1.82) is 0 Å². The number of carbonyl (C=O) groups excluding carboxylic acids is 2. The molecule has 1 heterocycles. The summed E-state index contributed by atoms with van der Waals surface area (Å²) in [5.41, 5.74) is 2.85. The fraction of sp³-hybridized carbons (Fsp3) is 0.263. The second-order valence-electron chi connectivity index (χ2n) is 5.63. The first-order valence-electron chi connectivity index (χ1n) is 8.08. The zero-order valence-electron chi connectivity index (χ0n) is 13.6. The first-order valence-corrected chi connectivity index (χ1v) is 8.08. The zero-order valence-corrected chi connectivity index (χ0v) is 13.6. The lowest BCUT2D eigenvalue weighted by molar-refractivity contribution is -0.143. The Hall–Kier alpha value is -2.82. The molecule has 1 aliphatic rings. The van der Waals surface area contributed by atoms with Crippen molar-refractivity contribution in [3.8, 4) is 5.75 Å². The number of benzene rings is 2. The zero-order chi connectivity index (χ0) is 16.9. The molecule has 0 aromatic heterocycles. The highest BCUT2D eigenvalue weighted by Crippen LogP contribution is 2.24. The molecule has 1 aliphatic heterocycles. The molecular weight excluding hydrogens is 304 g/mol. The van der Waals surface area contributed by atoms with Crippen LogP contribution in [0.5, 0.6) is 5.75 Å². The maximum Gasteiger partial charge on any atom is 0.314 e. The predicted octanol–water partition coefficient (Wildman–Crippen LogP) is 2.61. The molecule has 0 aliphatic carbocycles. The van der Waals surface area contributed by atoms with Gasteiger partial charge in [0.1, 0.15) is 5.75 Å². The Kier molecular flexibility index (Phi) is 4.79. The number of nitrogens with zero attached hydrogens (tertiary/aromatic N) is 1. The SMILES string of the molecule is CCOc1ccccc1NC(=O)C(=O)N1CCc2ccccc2C1. The number of ether oxygens (including phenoxy) is 1. The Morgan fingerprint density at radius 2 is 1.79 bits per heavy atom. The highest BCUT2D eigenvalue weighted by molar-refractivity contribution is 6.39. The van der Waals surface area contributed by atoms with E-state index in [2.05, 4.69) is 11.4 Å². The van der Waals surface area contributed by atoms with Crippen LogP contribution in [0.1, 0.15) is 18.1 Å². The third-order valence-electron chi connectivity index (χ3n) is 4.05. The highest BCUT2D eigenvalue weighted by atomic mass is 16.5. The van der Waals surface area contributed by atoms with Crippen molar-refractivity contribution in [2.24, 2.45) is 0 Å². The summed E-state index contributed by atoms with van der Waals surface area (Å²) in [5.74, 6) is -0.595. The number of hydrogen-bond acceptors (Lipinski definition) is 3. The molecule has 1 N–H and O–H groups in total. The van der Waals surface area contributed by atoms with Crippen LogP contribution in [0.4, 0.5) is 5.69 Å². The lowest BCUT2D eigenvalue weighted by Crippen LogP contribution is -2.42. The van der Waals surface area contributed by atoms with Crippen molar-refractivity contribution in [2.45, 2.75) is 19.9 Å². The Bertz CT molecular complexity index is 758. The van der Waals surface area contributed by atoms with Crippen LogP contribution in [-0.2, 0) is 22.6 Å². The van der Waals surface area contributed by atoms with Crippen LogP contribution < -0.4 is 10.1 Å². The average molecular weight is 324 g/mol. The van der Waals surface area contributed by atoms with Gasteiger partial charge in [-0.3, -0.25) is 9.59 Å². The van der Waals surface area contributed by atoms with Crippen LogP contribution in [0.15, 0.2) is 48.5 Å². The van der Waals surface area contributed by atoms with Gasteiger partial charge in [-0.25, -0.2) is 0 Å². The van der Waals surface area contributed by atoms with Crippen LogP contribution >= 0.6 is 0 Å². The predicted molar refractivity (Wildman–Crippen MR) is 91.8 cm³/mol. The summed E-state index contributed by atoms with van der Waals surface area (Å²) in [6.07, 6.45) is 0.769. The van der Waals surface area contributed by atoms with Gasteiger partial charge in [0.25, 0.3) is 0 Å². The van der Waals surface area contributed by atoms with Gasteiger partial charge in [0.2, 0.25) is 0 Å². The molecule has 0 unspecified atom stereocenters. The van der Waals surface area contributed by atoms with Crippen molar-refractivity contribution in [1.82, 2.24) is 4.90 Å². The Labute approximate surface area is 141 Å². The summed E-state index contributed by atoms with van der Waals surface area (Å²) in [7, 11) is 0. The van der Waals surface area contributed by atoms with Gasteiger partial charge in [0.15, 0.2) is 0 Å². The first kappa shape index (κ1) is 16.1. The monoisotopic (exact) mass is 324 g/mol. The van der Waals surface area contributed by atoms with E-state index in [9.17, 15) is 9.59 Å². The molecule has 2 aromatic carbocycles. The smallest absolute Gasteiger partial charge is 0.314 e.